The lowest BCUT2D eigenvalue weighted by molar-refractivity contribution is -0.137. The molecule has 0 saturated heterocycles. The first-order valence-corrected chi connectivity index (χ1v) is 7.39. The van der Waals surface area contributed by atoms with Crippen LogP contribution in [0.3, 0.4) is 0 Å². The molecule has 0 aliphatic rings. The van der Waals surface area contributed by atoms with E-state index in [-0.39, 0.29) is 12.1 Å². The first-order valence-electron chi connectivity index (χ1n) is 7.39. The molecular weight excluding hydrogens is 323 g/mol. The fourth-order valence-corrected chi connectivity index (χ4v) is 2.16. The highest BCUT2D eigenvalue weighted by molar-refractivity contribution is 5.35. The minimum atomic E-state index is -4.44. The number of methoxy groups -OCH3 is 1. The molecule has 2 aromatic rings. The monoisotopic (exact) mass is 343 g/mol. The number of anilines is 1. The molecule has 0 saturated carbocycles. The molecule has 1 aromatic carbocycles. The highest BCUT2D eigenvalue weighted by atomic mass is 19.4. The van der Waals surface area contributed by atoms with Crippen molar-refractivity contribution in [3.8, 4) is 0 Å². The van der Waals surface area contributed by atoms with Crippen LogP contribution in [0.15, 0.2) is 36.5 Å². The van der Waals surface area contributed by atoms with E-state index in [1.165, 1.54) is 19.1 Å². The Balaban J connectivity index is 2.04. The molecule has 0 spiro atoms. The van der Waals surface area contributed by atoms with Gasteiger partial charge in [0.15, 0.2) is 0 Å². The molecule has 5 nitrogen and oxygen atoms in total. The normalized spacial score (nSPS) is 14.4. The number of aliphatic hydroxyl groups is 1. The van der Waals surface area contributed by atoms with Gasteiger partial charge in [0.1, 0.15) is 11.4 Å². The molecule has 24 heavy (non-hydrogen) atoms. The third-order valence-corrected chi connectivity index (χ3v) is 3.59. The molecule has 1 atom stereocenters. The smallest absolute Gasteiger partial charge is 0.384 e. The van der Waals surface area contributed by atoms with E-state index in [2.05, 4.69) is 10.4 Å². The molecule has 0 aliphatic heterocycles. The van der Waals surface area contributed by atoms with Crippen molar-refractivity contribution >= 4 is 5.82 Å². The van der Waals surface area contributed by atoms with Crippen molar-refractivity contribution in [1.29, 1.82) is 0 Å². The minimum absolute atomic E-state index is 0.0234. The van der Waals surface area contributed by atoms with E-state index in [9.17, 15) is 18.3 Å². The summed E-state index contributed by atoms with van der Waals surface area (Å²) in [4.78, 5) is 0. The maximum absolute atomic E-state index is 12.8. The predicted molar refractivity (Wildman–Crippen MR) is 83.6 cm³/mol. The molecule has 1 aromatic heterocycles. The fraction of sp³-hybridized carbons (Fsp3) is 0.438. The number of hydrogen-bond donors (Lipinski definition) is 2. The molecule has 2 N–H and O–H groups in total. The third-order valence-electron chi connectivity index (χ3n) is 3.59. The minimum Gasteiger partial charge on any atom is -0.384 e. The summed E-state index contributed by atoms with van der Waals surface area (Å²) in [7, 11) is 1.59. The van der Waals surface area contributed by atoms with E-state index < -0.39 is 17.3 Å². The van der Waals surface area contributed by atoms with Crippen LogP contribution in [0.2, 0.25) is 0 Å². The van der Waals surface area contributed by atoms with Crippen LogP contribution in [-0.2, 0) is 23.1 Å². The van der Waals surface area contributed by atoms with Crippen molar-refractivity contribution in [3.05, 3.63) is 47.7 Å². The predicted octanol–water partition coefficient (Wildman–Crippen LogP) is 2.87. The summed E-state index contributed by atoms with van der Waals surface area (Å²) in [6, 6.07) is 6.40. The maximum atomic E-state index is 12.8. The van der Waals surface area contributed by atoms with Crippen molar-refractivity contribution in [2.45, 2.75) is 25.2 Å². The van der Waals surface area contributed by atoms with Gasteiger partial charge in [0, 0.05) is 25.9 Å². The second-order valence-electron chi connectivity index (χ2n) is 5.66. The van der Waals surface area contributed by atoms with Gasteiger partial charge < -0.3 is 15.2 Å². The number of ether oxygens (including phenoxy) is 1. The van der Waals surface area contributed by atoms with Gasteiger partial charge in [-0.15, -0.1) is 0 Å². The van der Waals surface area contributed by atoms with E-state index in [0.29, 0.717) is 19.0 Å². The number of nitrogens with one attached hydrogen (secondary N) is 1. The SMILES string of the molecule is COCCn1ccc(NCC(C)(O)c2cccc(C(F)(F)F)c2)n1. The van der Waals surface area contributed by atoms with Crippen molar-refractivity contribution < 1.29 is 23.0 Å². The molecule has 8 heteroatoms. The van der Waals surface area contributed by atoms with Gasteiger partial charge in [-0.05, 0) is 24.6 Å². The Bertz CT molecular complexity index is 669. The van der Waals surface area contributed by atoms with Gasteiger partial charge in [0.25, 0.3) is 0 Å². The van der Waals surface area contributed by atoms with E-state index in [1.54, 1.807) is 24.1 Å². The quantitative estimate of drug-likeness (QED) is 0.812. The fourth-order valence-electron chi connectivity index (χ4n) is 2.16. The molecule has 2 rings (SSSR count). The van der Waals surface area contributed by atoms with Crippen LogP contribution in [0.1, 0.15) is 18.1 Å². The summed E-state index contributed by atoms with van der Waals surface area (Å²) in [5.41, 5.74) is -2.08. The number of hydrogen-bond acceptors (Lipinski definition) is 4. The van der Waals surface area contributed by atoms with Gasteiger partial charge in [-0.2, -0.15) is 18.3 Å². The highest BCUT2D eigenvalue weighted by Gasteiger charge is 2.32. The van der Waals surface area contributed by atoms with Gasteiger partial charge in [0.05, 0.1) is 18.7 Å². The summed E-state index contributed by atoms with van der Waals surface area (Å²) in [6.07, 6.45) is -2.69. The van der Waals surface area contributed by atoms with E-state index >= 15 is 0 Å². The van der Waals surface area contributed by atoms with Crippen LogP contribution in [0, 0.1) is 0 Å². The highest BCUT2D eigenvalue weighted by Crippen LogP contribution is 2.32. The van der Waals surface area contributed by atoms with Gasteiger partial charge in [0.2, 0.25) is 0 Å². The number of nitrogens with zero attached hydrogens (tertiary/aromatic N) is 2. The number of rotatable bonds is 7. The van der Waals surface area contributed by atoms with Crippen molar-refractivity contribution in [2.75, 3.05) is 25.6 Å². The Labute approximate surface area is 138 Å². The third kappa shape index (κ3) is 4.72. The number of aromatic nitrogens is 2. The summed E-state index contributed by atoms with van der Waals surface area (Å²) in [6.45, 7) is 2.58. The average molecular weight is 343 g/mol. The van der Waals surface area contributed by atoms with E-state index in [0.717, 1.165) is 12.1 Å². The summed E-state index contributed by atoms with van der Waals surface area (Å²) < 4.78 is 45.0. The first-order chi connectivity index (χ1) is 11.2. The van der Waals surface area contributed by atoms with Gasteiger partial charge >= 0.3 is 6.18 Å². The van der Waals surface area contributed by atoms with Crippen LogP contribution in [-0.4, -0.2) is 35.1 Å². The lowest BCUT2D eigenvalue weighted by atomic mass is 9.94. The Hall–Kier alpha value is -2.06. The number of alkyl halides is 3. The molecule has 132 valence electrons. The Morgan fingerprint density at radius 1 is 1.25 bits per heavy atom. The zero-order valence-corrected chi connectivity index (χ0v) is 13.5. The molecule has 0 aliphatic carbocycles. The Kier molecular flexibility index (Phi) is 5.51. The van der Waals surface area contributed by atoms with E-state index in [1.807, 2.05) is 0 Å². The lowest BCUT2D eigenvalue weighted by Gasteiger charge is -2.25. The molecule has 1 unspecified atom stereocenters. The molecule has 0 fully saturated rings. The van der Waals surface area contributed by atoms with Gasteiger partial charge in [-0.25, -0.2) is 0 Å². The van der Waals surface area contributed by atoms with Crippen molar-refractivity contribution in [1.82, 2.24) is 9.78 Å². The molecular formula is C16H20F3N3O2. The van der Waals surface area contributed by atoms with Crippen LogP contribution in [0.4, 0.5) is 19.0 Å². The van der Waals surface area contributed by atoms with Crippen LogP contribution < -0.4 is 5.32 Å². The summed E-state index contributed by atoms with van der Waals surface area (Å²) in [5, 5.41) is 17.7. The van der Waals surface area contributed by atoms with Gasteiger partial charge in [-0.1, -0.05) is 12.1 Å². The zero-order valence-electron chi connectivity index (χ0n) is 13.5. The standard InChI is InChI=1S/C16H20F3N3O2/c1-15(23,12-4-3-5-13(10-12)16(17,18)19)11-20-14-6-7-22(21-14)8-9-24-2/h3-7,10,23H,8-9,11H2,1-2H3,(H,20,21). The lowest BCUT2D eigenvalue weighted by Crippen LogP contribution is -2.31. The second-order valence-corrected chi connectivity index (χ2v) is 5.66. The first kappa shape index (κ1) is 18.3. The van der Waals surface area contributed by atoms with Crippen molar-refractivity contribution in [3.63, 3.8) is 0 Å². The Morgan fingerprint density at radius 2 is 1.96 bits per heavy atom. The van der Waals surface area contributed by atoms with E-state index in [4.69, 9.17) is 4.74 Å². The van der Waals surface area contributed by atoms with Gasteiger partial charge in [-0.3, -0.25) is 4.68 Å². The largest absolute Gasteiger partial charge is 0.416 e. The number of halogens is 3. The molecule has 0 bridgehead atoms. The number of benzene rings is 1. The van der Waals surface area contributed by atoms with Crippen LogP contribution in [0.25, 0.3) is 0 Å². The Morgan fingerprint density at radius 3 is 2.62 bits per heavy atom. The van der Waals surface area contributed by atoms with Crippen LogP contribution >= 0.6 is 0 Å². The van der Waals surface area contributed by atoms with Crippen molar-refractivity contribution in [2.24, 2.45) is 0 Å². The molecule has 0 radical (unpaired) electrons. The molecule has 1 heterocycles. The molecule has 0 amide bonds. The zero-order chi connectivity index (χ0) is 17.8. The second kappa shape index (κ2) is 7.23. The maximum Gasteiger partial charge on any atom is 0.416 e. The summed E-state index contributed by atoms with van der Waals surface area (Å²) >= 11 is 0. The summed E-state index contributed by atoms with van der Waals surface area (Å²) in [5.74, 6) is 0.526. The van der Waals surface area contributed by atoms with Crippen LogP contribution in [0.5, 0.6) is 0 Å². The topological polar surface area (TPSA) is 59.3 Å². The average Bonchev–Trinajstić information content (AvgIpc) is 2.98.